The monoisotopic (exact) mass is 1030 g/mol. The van der Waals surface area contributed by atoms with Gasteiger partial charge in [-0.1, -0.05) is 147 Å². The molecule has 3 aliphatic rings. The average Bonchev–Trinajstić information content (AvgIpc) is 3.37. The van der Waals surface area contributed by atoms with Gasteiger partial charge in [-0.2, -0.15) is 0 Å². The second kappa shape index (κ2) is 37.7. The van der Waals surface area contributed by atoms with Crippen molar-refractivity contribution >= 4 is 5.91 Å². The van der Waals surface area contributed by atoms with E-state index in [0.29, 0.717) is 12.8 Å². The Morgan fingerprint density at radius 3 is 1.39 bits per heavy atom. The third-order valence-corrected chi connectivity index (χ3v) is 13.7. The van der Waals surface area contributed by atoms with Crippen LogP contribution in [0.25, 0.3) is 0 Å². The molecule has 3 fully saturated rings. The Morgan fingerprint density at radius 2 is 0.889 bits per heavy atom. The summed E-state index contributed by atoms with van der Waals surface area (Å²) in [7, 11) is 0. The minimum Gasteiger partial charge on any atom is -0.394 e. The summed E-state index contributed by atoms with van der Waals surface area (Å²) in [5.74, 6) is -0.292. The van der Waals surface area contributed by atoms with Crippen LogP contribution in [0.3, 0.4) is 0 Å². The van der Waals surface area contributed by atoms with Crippen molar-refractivity contribution in [2.24, 2.45) is 0 Å². The maximum atomic E-state index is 13.2. The summed E-state index contributed by atoms with van der Waals surface area (Å²) < 4.78 is 34.1. The fourth-order valence-corrected chi connectivity index (χ4v) is 9.10. The number of aliphatic hydroxyl groups excluding tert-OH is 11. The number of allylic oxidation sites excluding steroid dienone is 5. The summed E-state index contributed by atoms with van der Waals surface area (Å²) in [5, 5.41) is 120. The Labute approximate surface area is 428 Å². The van der Waals surface area contributed by atoms with E-state index in [1.807, 2.05) is 6.08 Å². The number of hydrogen-bond donors (Lipinski definition) is 12. The van der Waals surface area contributed by atoms with Gasteiger partial charge in [0.15, 0.2) is 18.9 Å². The summed E-state index contributed by atoms with van der Waals surface area (Å²) in [5.41, 5.74) is 0. The van der Waals surface area contributed by atoms with Crippen LogP contribution < -0.4 is 5.32 Å². The number of ether oxygens (including phenoxy) is 6. The molecule has 0 spiro atoms. The predicted molar refractivity (Wildman–Crippen MR) is 268 cm³/mol. The highest BCUT2D eigenvalue weighted by Crippen LogP contribution is 2.33. The molecule has 72 heavy (non-hydrogen) atoms. The van der Waals surface area contributed by atoms with Gasteiger partial charge in [0.1, 0.15) is 73.2 Å². The van der Waals surface area contributed by atoms with Crippen LogP contribution in [0.1, 0.15) is 162 Å². The minimum atomic E-state index is -1.98. The number of carbonyl (C=O) groups is 1. The summed E-state index contributed by atoms with van der Waals surface area (Å²) in [6.45, 7) is 1.63. The zero-order chi connectivity index (χ0) is 52.7. The van der Waals surface area contributed by atoms with E-state index in [1.165, 1.54) is 83.5 Å². The summed E-state index contributed by atoms with van der Waals surface area (Å²) in [6.07, 6.45) is 9.99. The topological polar surface area (TPSA) is 307 Å². The second-order valence-electron chi connectivity index (χ2n) is 19.7. The van der Waals surface area contributed by atoms with Crippen LogP contribution in [-0.2, 0) is 33.2 Å². The molecule has 0 aliphatic carbocycles. The van der Waals surface area contributed by atoms with Crippen molar-refractivity contribution in [3.63, 3.8) is 0 Å². The van der Waals surface area contributed by atoms with Gasteiger partial charge in [-0.3, -0.25) is 4.79 Å². The van der Waals surface area contributed by atoms with E-state index in [1.54, 1.807) is 6.08 Å². The van der Waals surface area contributed by atoms with Crippen LogP contribution in [0.2, 0.25) is 0 Å². The maximum absolute atomic E-state index is 13.2. The van der Waals surface area contributed by atoms with Crippen molar-refractivity contribution in [3.05, 3.63) is 36.5 Å². The van der Waals surface area contributed by atoms with Gasteiger partial charge in [0, 0.05) is 6.42 Å². The molecular formula is C53H95NO18. The van der Waals surface area contributed by atoms with Crippen LogP contribution in [0, 0.1) is 0 Å². The first-order valence-corrected chi connectivity index (χ1v) is 27.2. The maximum Gasteiger partial charge on any atom is 0.220 e. The number of rotatable bonds is 38. The lowest BCUT2D eigenvalue weighted by molar-refractivity contribution is -0.379. The molecule has 3 rings (SSSR count). The Morgan fingerprint density at radius 1 is 0.486 bits per heavy atom. The summed E-state index contributed by atoms with van der Waals surface area (Å²) in [6, 6.07) is -0.990. The molecule has 19 nitrogen and oxygen atoms in total. The second-order valence-corrected chi connectivity index (χ2v) is 19.7. The number of hydrogen-bond acceptors (Lipinski definition) is 18. The van der Waals surface area contributed by atoms with Gasteiger partial charge in [0.2, 0.25) is 5.91 Å². The Kier molecular flexibility index (Phi) is 33.7. The highest BCUT2D eigenvalue weighted by atomic mass is 16.8. The smallest absolute Gasteiger partial charge is 0.220 e. The number of unbranched alkanes of at least 4 members (excludes halogenated alkanes) is 18. The van der Waals surface area contributed by atoms with Crippen LogP contribution in [0.4, 0.5) is 0 Å². The fourth-order valence-electron chi connectivity index (χ4n) is 9.10. The van der Waals surface area contributed by atoms with Crippen LogP contribution >= 0.6 is 0 Å². The number of aliphatic hydroxyl groups is 11. The average molecular weight is 1030 g/mol. The van der Waals surface area contributed by atoms with Crippen molar-refractivity contribution in [2.75, 3.05) is 26.4 Å². The van der Waals surface area contributed by atoms with Crippen molar-refractivity contribution in [2.45, 2.75) is 266 Å². The summed E-state index contributed by atoms with van der Waals surface area (Å²) in [4.78, 5) is 13.2. The zero-order valence-electron chi connectivity index (χ0n) is 43.1. The fraction of sp³-hybridized carbons (Fsp3) is 0.868. The molecule has 0 aromatic heterocycles. The molecule has 17 atom stereocenters. The van der Waals surface area contributed by atoms with E-state index in [-0.39, 0.29) is 18.9 Å². The molecular weight excluding hydrogens is 939 g/mol. The first kappa shape index (κ1) is 64.3. The molecule has 12 N–H and O–H groups in total. The van der Waals surface area contributed by atoms with E-state index in [0.717, 1.165) is 44.9 Å². The first-order chi connectivity index (χ1) is 34.8. The third-order valence-electron chi connectivity index (χ3n) is 13.7. The van der Waals surface area contributed by atoms with E-state index in [9.17, 15) is 61.0 Å². The van der Waals surface area contributed by atoms with Crippen molar-refractivity contribution < 1.29 is 89.4 Å². The number of carbonyl (C=O) groups excluding carboxylic acids is 1. The molecule has 0 aromatic carbocycles. The van der Waals surface area contributed by atoms with Crippen LogP contribution in [0.15, 0.2) is 36.5 Å². The van der Waals surface area contributed by atoms with Gasteiger partial charge in [-0.05, 0) is 44.9 Å². The molecule has 0 aromatic rings. The Bertz CT molecular complexity index is 1470. The van der Waals surface area contributed by atoms with Crippen molar-refractivity contribution in [3.8, 4) is 0 Å². The minimum absolute atomic E-state index is 0.234. The van der Waals surface area contributed by atoms with Gasteiger partial charge in [0.05, 0.1) is 38.6 Å². The van der Waals surface area contributed by atoms with Crippen LogP contribution in [-0.4, -0.2) is 193 Å². The zero-order valence-corrected chi connectivity index (χ0v) is 43.1. The number of amides is 1. The SMILES string of the molecule is CCCCC/C=C/CC/C=C/CC/C=C/C(O)C(COC1OC(CO)C(OC2OC(CO)C(OC3OC(CO)C(O)C(O)C3O)C(O)C2O)C(O)C1O)NC(=O)CCCCCCCCCCCCCCCC. The van der Waals surface area contributed by atoms with E-state index in [2.05, 4.69) is 43.5 Å². The van der Waals surface area contributed by atoms with Gasteiger partial charge in [0.25, 0.3) is 0 Å². The lowest BCUT2D eigenvalue weighted by atomic mass is 9.96. The lowest BCUT2D eigenvalue weighted by Gasteiger charge is -2.48. The molecule has 0 saturated carbocycles. The molecule has 3 heterocycles. The lowest BCUT2D eigenvalue weighted by Crippen LogP contribution is -2.66. The Hall–Kier alpha value is -1.99. The van der Waals surface area contributed by atoms with Crippen molar-refractivity contribution in [1.82, 2.24) is 5.32 Å². The van der Waals surface area contributed by atoms with Gasteiger partial charge < -0.3 is 89.9 Å². The Balaban J connectivity index is 1.56. The number of nitrogens with one attached hydrogen (secondary N) is 1. The molecule has 0 radical (unpaired) electrons. The first-order valence-electron chi connectivity index (χ1n) is 27.2. The third kappa shape index (κ3) is 22.7. The largest absolute Gasteiger partial charge is 0.394 e. The summed E-state index contributed by atoms with van der Waals surface area (Å²) >= 11 is 0. The molecule has 0 bridgehead atoms. The highest BCUT2D eigenvalue weighted by molar-refractivity contribution is 5.76. The van der Waals surface area contributed by atoms with Crippen LogP contribution in [0.5, 0.6) is 0 Å². The molecule has 19 heteroatoms. The molecule has 17 unspecified atom stereocenters. The quantitative estimate of drug-likeness (QED) is 0.0313. The van der Waals surface area contributed by atoms with Crippen molar-refractivity contribution in [1.29, 1.82) is 0 Å². The highest BCUT2D eigenvalue weighted by Gasteiger charge is 2.53. The molecule has 1 amide bonds. The standard InChI is InChI=1S/C53H95NO18/c1-3-5-7-9-11-13-15-17-19-21-23-25-27-29-31-41(59)54-36(37(58)30-28-26-24-22-20-18-16-14-12-10-8-6-4-2)35-67-51-47(65)44(62)49(39(33-56)69-51)72-53-48(66)45(63)50(40(34-57)70-53)71-52-46(64)43(61)42(60)38(32-55)68-52/h12,14,20,22,28,30,36-40,42-53,55-58,60-66H,3-11,13,15-19,21,23-27,29,31-35H2,1-2H3,(H,54,59)/b14-12+,22-20+,30-28+. The van der Waals surface area contributed by atoms with E-state index >= 15 is 0 Å². The van der Waals surface area contributed by atoms with Gasteiger partial charge in [-0.15, -0.1) is 0 Å². The molecule has 420 valence electrons. The molecule has 3 saturated heterocycles. The van der Waals surface area contributed by atoms with E-state index < -0.39 is 124 Å². The van der Waals surface area contributed by atoms with Gasteiger partial charge >= 0.3 is 0 Å². The molecule has 3 aliphatic heterocycles. The predicted octanol–water partition coefficient (Wildman–Crippen LogP) is 2.98. The van der Waals surface area contributed by atoms with E-state index in [4.69, 9.17) is 28.4 Å². The normalized spacial score (nSPS) is 32.3. The van der Waals surface area contributed by atoms with Gasteiger partial charge in [-0.25, -0.2) is 0 Å².